The maximum atomic E-state index is 12.5. The Hall–Kier alpha value is -2.67. The number of hydrogen-bond donors (Lipinski definition) is 8. The lowest BCUT2D eigenvalue weighted by molar-refractivity contribution is -0.113. The molecule has 1 aliphatic heterocycles. The van der Waals surface area contributed by atoms with E-state index >= 15 is 0 Å². The van der Waals surface area contributed by atoms with E-state index in [1.165, 1.54) is 30.5 Å². The third-order valence-electron chi connectivity index (χ3n) is 5.12. The summed E-state index contributed by atoms with van der Waals surface area (Å²) in [5.41, 5.74) is -0.234. The molecule has 4 atom stereocenters. The summed E-state index contributed by atoms with van der Waals surface area (Å²) < 4.78 is 25.8. The summed E-state index contributed by atoms with van der Waals surface area (Å²) in [6, 6.07) is 5.99. The van der Waals surface area contributed by atoms with E-state index in [-0.39, 0.29) is 33.9 Å². The van der Waals surface area contributed by atoms with Gasteiger partial charge in [-0.15, -0.1) is 11.3 Å². The summed E-state index contributed by atoms with van der Waals surface area (Å²) >= 11 is 1.25. The van der Waals surface area contributed by atoms with Crippen molar-refractivity contribution in [1.29, 1.82) is 0 Å². The summed E-state index contributed by atoms with van der Waals surface area (Å²) in [7, 11) is -1.10. The number of nitrogens with zero attached hydrogens (tertiary/aromatic N) is 2. The Kier molecular flexibility index (Phi) is 12.0. The van der Waals surface area contributed by atoms with E-state index in [4.69, 9.17) is 20.4 Å². The molecule has 0 saturated heterocycles. The monoisotopic (exact) mass is 564 g/mol. The lowest BCUT2D eigenvalue weighted by atomic mass is 10.0. The van der Waals surface area contributed by atoms with Gasteiger partial charge < -0.3 is 41.4 Å². The smallest absolute Gasteiger partial charge is 0.278 e. The number of carbonyl (C=O) groups excluding carboxylic acids is 1. The van der Waals surface area contributed by atoms with Gasteiger partial charge in [0.2, 0.25) is 0 Å². The second-order valence-electron chi connectivity index (χ2n) is 7.75. The number of aromatic nitrogens is 1. The number of aryl methyl sites for hydroxylation is 1. The molecule has 3 rings (SSSR count). The van der Waals surface area contributed by atoms with Gasteiger partial charge in [0.15, 0.2) is 16.6 Å². The Morgan fingerprint density at radius 3 is 2.27 bits per heavy atom. The van der Waals surface area contributed by atoms with Gasteiger partial charge in [0.25, 0.3) is 15.9 Å². The SMILES string of the molecule is CNC[C@H](O)[C@@H](O)[C@H](O)[C@H](O)CO.Cc1cnc(NC(=O)C2=C(O)c3ccccc3S(=O)(=O)N2C)s1.O. The molecule has 10 N–H and O–H groups in total. The number of amides is 1. The fraction of sp³-hybridized carbons (Fsp3) is 0.429. The van der Waals surface area contributed by atoms with Crippen molar-refractivity contribution in [3.8, 4) is 0 Å². The number of carbonyl (C=O) groups is 1. The molecule has 0 radical (unpaired) electrons. The minimum Gasteiger partial charge on any atom is -0.505 e. The molecule has 16 heteroatoms. The summed E-state index contributed by atoms with van der Waals surface area (Å²) in [4.78, 5) is 17.3. The van der Waals surface area contributed by atoms with E-state index in [0.29, 0.717) is 5.13 Å². The highest BCUT2D eigenvalue weighted by atomic mass is 32.2. The van der Waals surface area contributed by atoms with Crippen molar-refractivity contribution in [2.24, 2.45) is 0 Å². The molecule has 0 bridgehead atoms. The van der Waals surface area contributed by atoms with Crippen molar-refractivity contribution < 1.29 is 49.3 Å². The van der Waals surface area contributed by atoms with E-state index < -0.39 is 47.0 Å². The van der Waals surface area contributed by atoms with Crippen LogP contribution in [0.25, 0.3) is 5.76 Å². The zero-order valence-electron chi connectivity index (χ0n) is 20.2. The van der Waals surface area contributed by atoms with E-state index in [0.717, 1.165) is 9.18 Å². The topological polar surface area (TPSA) is 244 Å². The number of likely N-dealkylation sites (N-methyl/N-ethyl adjacent to an activating group) is 2. The first-order valence-electron chi connectivity index (χ1n) is 10.6. The lowest BCUT2D eigenvalue weighted by Crippen LogP contribution is -2.48. The van der Waals surface area contributed by atoms with E-state index in [1.807, 2.05) is 6.92 Å². The molecule has 0 aliphatic carbocycles. The zero-order chi connectivity index (χ0) is 27.2. The summed E-state index contributed by atoms with van der Waals surface area (Å²) in [6.07, 6.45) is -4.06. The van der Waals surface area contributed by atoms with Crippen LogP contribution in [0.15, 0.2) is 41.1 Å². The number of fused-ring (bicyclic) bond motifs is 1. The van der Waals surface area contributed by atoms with Crippen molar-refractivity contribution in [2.45, 2.75) is 36.2 Å². The molecule has 2 aromatic rings. The molecular formula is C21H32N4O10S2. The van der Waals surface area contributed by atoms with Crippen molar-refractivity contribution in [1.82, 2.24) is 14.6 Å². The van der Waals surface area contributed by atoms with Gasteiger partial charge in [-0.3, -0.25) is 14.4 Å². The van der Waals surface area contributed by atoms with Crippen LogP contribution in [-0.2, 0) is 14.8 Å². The van der Waals surface area contributed by atoms with Crippen LogP contribution in [0.1, 0.15) is 10.4 Å². The van der Waals surface area contributed by atoms with Crippen LogP contribution in [0.2, 0.25) is 0 Å². The first-order chi connectivity index (χ1) is 16.9. The maximum absolute atomic E-state index is 12.5. The summed E-state index contributed by atoms with van der Waals surface area (Å²) in [6.45, 7) is 1.26. The fourth-order valence-corrected chi connectivity index (χ4v) is 5.20. The molecule has 0 unspecified atom stereocenters. The number of anilines is 1. The van der Waals surface area contributed by atoms with Crippen molar-refractivity contribution in [3.63, 3.8) is 0 Å². The Bertz CT molecular complexity index is 1190. The molecule has 1 amide bonds. The van der Waals surface area contributed by atoms with Crippen molar-refractivity contribution >= 4 is 38.2 Å². The molecule has 1 aromatic heterocycles. The van der Waals surface area contributed by atoms with Crippen LogP contribution >= 0.6 is 11.3 Å². The van der Waals surface area contributed by atoms with E-state index in [1.54, 1.807) is 25.4 Å². The predicted octanol–water partition coefficient (Wildman–Crippen LogP) is -2.23. The molecule has 37 heavy (non-hydrogen) atoms. The molecule has 208 valence electrons. The van der Waals surface area contributed by atoms with Gasteiger partial charge in [-0.05, 0) is 26.1 Å². The first-order valence-corrected chi connectivity index (χ1v) is 12.9. The third kappa shape index (κ3) is 7.44. The highest BCUT2D eigenvalue weighted by molar-refractivity contribution is 7.89. The van der Waals surface area contributed by atoms with Crippen LogP contribution in [0, 0.1) is 6.92 Å². The Labute approximate surface area is 217 Å². The van der Waals surface area contributed by atoms with Gasteiger partial charge in [-0.1, -0.05) is 12.1 Å². The van der Waals surface area contributed by atoms with Crippen LogP contribution in [0.3, 0.4) is 0 Å². The lowest BCUT2D eigenvalue weighted by Gasteiger charge is -2.28. The Morgan fingerprint density at radius 2 is 1.73 bits per heavy atom. The second kappa shape index (κ2) is 13.8. The number of hydrogen-bond acceptors (Lipinski definition) is 12. The van der Waals surface area contributed by atoms with Gasteiger partial charge in [-0.2, -0.15) is 0 Å². The number of nitrogens with one attached hydrogen (secondary N) is 2. The van der Waals surface area contributed by atoms with Gasteiger partial charge in [0.1, 0.15) is 18.3 Å². The minimum atomic E-state index is -3.90. The Morgan fingerprint density at radius 1 is 1.14 bits per heavy atom. The highest BCUT2D eigenvalue weighted by Gasteiger charge is 2.38. The largest absolute Gasteiger partial charge is 0.505 e. The molecule has 14 nitrogen and oxygen atoms in total. The minimum absolute atomic E-state index is 0. The van der Waals surface area contributed by atoms with Crippen LogP contribution < -0.4 is 10.6 Å². The number of benzene rings is 1. The van der Waals surface area contributed by atoms with Crippen molar-refractivity contribution in [3.05, 3.63) is 46.6 Å². The van der Waals surface area contributed by atoms with Crippen LogP contribution in [-0.4, -0.2) is 111 Å². The molecule has 0 spiro atoms. The van der Waals surface area contributed by atoms with Gasteiger partial charge in [-0.25, -0.2) is 13.4 Å². The average Bonchev–Trinajstić information content (AvgIpc) is 3.26. The van der Waals surface area contributed by atoms with Gasteiger partial charge in [0, 0.05) is 30.2 Å². The highest BCUT2D eigenvalue weighted by Crippen LogP contribution is 2.34. The predicted molar refractivity (Wildman–Crippen MR) is 135 cm³/mol. The number of aliphatic hydroxyl groups excluding tert-OH is 6. The first kappa shape index (κ1) is 32.4. The quantitative estimate of drug-likeness (QED) is 0.170. The zero-order valence-corrected chi connectivity index (χ0v) is 21.9. The van der Waals surface area contributed by atoms with Crippen LogP contribution in [0.5, 0.6) is 0 Å². The van der Waals surface area contributed by atoms with E-state index in [2.05, 4.69) is 15.6 Å². The number of aliphatic hydroxyl groups is 6. The molecule has 1 aromatic carbocycles. The second-order valence-corrected chi connectivity index (χ2v) is 10.9. The average molecular weight is 565 g/mol. The van der Waals surface area contributed by atoms with Gasteiger partial charge >= 0.3 is 0 Å². The molecule has 2 heterocycles. The summed E-state index contributed by atoms with van der Waals surface area (Å²) in [5, 5.41) is 60.7. The van der Waals surface area contributed by atoms with E-state index in [9.17, 15) is 23.4 Å². The number of sulfonamides is 1. The third-order valence-corrected chi connectivity index (χ3v) is 7.76. The fourth-order valence-electron chi connectivity index (χ4n) is 3.14. The molecule has 1 aliphatic rings. The molecule has 0 fully saturated rings. The normalized spacial score (nSPS) is 17.4. The molecular weight excluding hydrogens is 532 g/mol. The standard InChI is InChI=1S/C14H13N3O4S2.C7H17NO5.H2O/c1-8-7-15-14(22-8)16-13(19)11-12(18)9-5-3-4-6-10(9)23(20,21)17(11)2;1-8-2-4(10)6(12)7(13)5(11)3-9;/h3-7,18H,1-2H3,(H,15,16,19);4-13H,2-3H2,1H3;1H2/t;4-,5+,6+,7+;/m.0./s1. The molecule has 0 saturated carbocycles. The summed E-state index contributed by atoms with van der Waals surface area (Å²) in [5.74, 6) is -1.12. The van der Waals surface area contributed by atoms with Gasteiger partial charge in [0.05, 0.1) is 17.6 Å². The maximum Gasteiger partial charge on any atom is 0.278 e. The number of thiazole rings is 1. The number of rotatable bonds is 8. The van der Waals surface area contributed by atoms with Crippen molar-refractivity contribution in [2.75, 3.05) is 32.6 Å². The van der Waals surface area contributed by atoms with Crippen LogP contribution in [0.4, 0.5) is 5.13 Å². The Balaban J connectivity index is 0.000000423.